The molecule has 26 heavy (non-hydrogen) atoms. The predicted octanol–water partition coefficient (Wildman–Crippen LogP) is 3.92. The Bertz CT molecular complexity index is 721. The van der Waals surface area contributed by atoms with E-state index in [0.717, 1.165) is 5.75 Å². The Morgan fingerprint density at radius 1 is 1.08 bits per heavy atom. The number of rotatable bonds is 9. The van der Waals surface area contributed by atoms with E-state index >= 15 is 0 Å². The summed E-state index contributed by atoms with van der Waals surface area (Å²) in [6.45, 7) is 0.436. The minimum Gasteiger partial charge on any atom is -0.494 e. The molecule has 0 aliphatic carbocycles. The number of amides is 1. The van der Waals surface area contributed by atoms with Crippen LogP contribution in [0.4, 0.5) is 0 Å². The van der Waals surface area contributed by atoms with Crippen molar-refractivity contribution in [2.24, 2.45) is 0 Å². The molecule has 0 spiro atoms. The van der Waals surface area contributed by atoms with Crippen molar-refractivity contribution in [3.63, 3.8) is 0 Å². The van der Waals surface area contributed by atoms with E-state index in [1.54, 1.807) is 18.2 Å². The highest BCUT2D eigenvalue weighted by molar-refractivity contribution is 6.31. The van der Waals surface area contributed by atoms with Gasteiger partial charge < -0.3 is 14.8 Å². The Morgan fingerprint density at radius 3 is 2.46 bits per heavy atom. The van der Waals surface area contributed by atoms with Crippen molar-refractivity contribution in [3.8, 4) is 5.75 Å². The molecule has 138 valence electrons. The highest BCUT2D eigenvalue weighted by Gasteiger charge is 2.20. The van der Waals surface area contributed by atoms with E-state index < -0.39 is 12.0 Å². The maximum atomic E-state index is 12.3. The number of para-hydroxylation sites is 1. The fourth-order valence-electron chi connectivity index (χ4n) is 2.45. The Balaban J connectivity index is 1.87. The normalized spacial score (nSPS) is 11.5. The van der Waals surface area contributed by atoms with Gasteiger partial charge in [0, 0.05) is 11.4 Å². The van der Waals surface area contributed by atoms with Crippen LogP contribution in [0.5, 0.6) is 5.75 Å². The second kappa shape index (κ2) is 10.5. The minimum atomic E-state index is -0.529. The van der Waals surface area contributed by atoms with Crippen LogP contribution < -0.4 is 10.1 Å². The molecule has 0 heterocycles. The van der Waals surface area contributed by atoms with Crippen LogP contribution >= 0.6 is 11.6 Å². The molecule has 1 unspecified atom stereocenters. The van der Waals surface area contributed by atoms with Gasteiger partial charge in [-0.15, -0.1) is 0 Å². The number of hydrogen-bond donors (Lipinski definition) is 1. The van der Waals surface area contributed by atoms with Crippen LogP contribution in [0, 0.1) is 0 Å². The van der Waals surface area contributed by atoms with Crippen LogP contribution in [0.15, 0.2) is 54.6 Å². The number of methoxy groups -OCH3 is 1. The molecule has 0 aromatic heterocycles. The number of benzene rings is 2. The molecule has 0 saturated heterocycles. The van der Waals surface area contributed by atoms with E-state index in [9.17, 15) is 9.59 Å². The zero-order valence-electron chi connectivity index (χ0n) is 14.6. The monoisotopic (exact) mass is 375 g/mol. The van der Waals surface area contributed by atoms with Crippen LogP contribution in [0.25, 0.3) is 0 Å². The van der Waals surface area contributed by atoms with Crippen LogP contribution in [0.2, 0.25) is 5.02 Å². The van der Waals surface area contributed by atoms with Crippen molar-refractivity contribution in [2.75, 3.05) is 13.7 Å². The fourth-order valence-corrected chi connectivity index (χ4v) is 2.72. The largest absolute Gasteiger partial charge is 0.494 e. The SMILES string of the molecule is COC(=O)CC(NC(=O)CCCOc1ccccc1)c1ccccc1Cl. The lowest BCUT2D eigenvalue weighted by Gasteiger charge is -2.19. The summed E-state index contributed by atoms with van der Waals surface area (Å²) in [6.07, 6.45) is 0.871. The number of ether oxygens (including phenoxy) is 2. The first-order valence-electron chi connectivity index (χ1n) is 8.38. The van der Waals surface area contributed by atoms with Gasteiger partial charge in [0.15, 0.2) is 0 Å². The Labute approximate surface area is 158 Å². The highest BCUT2D eigenvalue weighted by atomic mass is 35.5. The summed E-state index contributed by atoms with van der Waals surface area (Å²) in [7, 11) is 1.31. The Morgan fingerprint density at radius 2 is 1.77 bits per heavy atom. The summed E-state index contributed by atoms with van der Waals surface area (Å²) in [5.74, 6) is 0.186. The van der Waals surface area contributed by atoms with Crippen molar-refractivity contribution in [1.29, 1.82) is 0 Å². The molecule has 0 fully saturated rings. The van der Waals surface area contributed by atoms with Crippen molar-refractivity contribution in [1.82, 2.24) is 5.32 Å². The molecule has 0 aliphatic heterocycles. The van der Waals surface area contributed by atoms with Crippen LogP contribution in [0.3, 0.4) is 0 Å². The quantitative estimate of drug-likeness (QED) is 0.533. The summed E-state index contributed by atoms with van der Waals surface area (Å²) in [6, 6.07) is 16.0. The second-order valence-electron chi connectivity index (χ2n) is 5.69. The van der Waals surface area contributed by atoms with E-state index in [0.29, 0.717) is 23.6 Å². The molecule has 1 atom stereocenters. The maximum absolute atomic E-state index is 12.3. The van der Waals surface area contributed by atoms with Gasteiger partial charge >= 0.3 is 5.97 Å². The van der Waals surface area contributed by atoms with Crippen LogP contribution in [0.1, 0.15) is 30.9 Å². The molecular formula is C20H22ClNO4. The van der Waals surface area contributed by atoms with Crippen molar-refractivity contribution >= 4 is 23.5 Å². The summed E-state index contributed by atoms with van der Waals surface area (Å²) >= 11 is 6.20. The highest BCUT2D eigenvalue weighted by Crippen LogP contribution is 2.25. The molecule has 0 radical (unpaired) electrons. The van der Waals surface area contributed by atoms with E-state index in [1.165, 1.54) is 7.11 Å². The van der Waals surface area contributed by atoms with Crippen molar-refractivity contribution < 1.29 is 19.1 Å². The molecular weight excluding hydrogens is 354 g/mol. The standard InChI is InChI=1S/C20H22ClNO4/c1-25-20(24)14-18(16-10-5-6-11-17(16)21)22-19(23)12-7-13-26-15-8-3-2-4-9-15/h2-6,8-11,18H,7,12-14H2,1H3,(H,22,23). The summed E-state index contributed by atoms with van der Waals surface area (Å²) in [5, 5.41) is 3.35. The van der Waals surface area contributed by atoms with E-state index in [-0.39, 0.29) is 18.7 Å². The lowest BCUT2D eigenvalue weighted by Crippen LogP contribution is -2.30. The molecule has 1 N–H and O–H groups in total. The number of carbonyl (C=O) groups excluding carboxylic acids is 2. The van der Waals surface area contributed by atoms with Crippen LogP contribution in [-0.4, -0.2) is 25.6 Å². The van der Waals surface area contributed by atoms with Gasteiger partial charge in [0.25, 0.3) is 0 Å². The van der Waals surface area contributed by atoms with E-state index in [2.05, 4.69) is 5.32 Å². The van der Waals surface area contributed by atoms with Gasteiger partial charge in [-0.25, -0.2) is 0 Å². The van der Waals surface area contributed by atoms with E-state index in [4.69, 9.17) is 21.1 Å². The van der Waals surface area contributed by atoms with Crippen molar-refractivity contribution in [2.45, 2.75) is 25.3 Å². The average Bonchev–Trinajstić information content (AvgIpc) is 2.66. The first-order valence-corrected chi connectivity index (χ1v) is 8.76. The lowest BCUT2D eigenvalue weighted by molar-refractivity contribution is -0.141. The third-order valence-corrected chi connectivity index (χ3v) is 4.12. The maximum Gasteiger partial charge on any atom is 0.307 e. The smallest absolute Gasteiger partial charge is 0.307 e. The zero-order valence-corrected chi connectivity index (χ0v) is 15.4. The minimum absolute atomic E-state index is 0.0203. The molecule has 0 aliphatic rings. The predicted molar refractivity (Wildman–Crippen MR) is 100 cm³/mol. The fraction of sp³-hybridized carbons (Fsp3) is 0.300. The molecule has 6 heteroatoms. The lowest BCUT2D eigenvalue weighted by atomic mass is 10.0. The third-order valence-electron chi connectivity index (χ3n) is 3.77. The molecule has 0 saturated carbocycles. The molecule has 5 nitrogen and oxygen atoms in total. The second-order valence-corrected chi connectivity index (χ2v) is 6.09. The number of carbonyl (C=O) groups is 2. The number of hydrogen-bond acceptors (Lipinski definition) is 4. The Hall–Kier alpha value is -2.53. The van der Waals surface area contributed by atoms with Gasteiger partial charge in [0.2, 0.25) is 5.91 Å². The number of nitrogens with one attached hydrogen (secondary N) is 1. The topological polar surface area (TPSA) is 64.6 Å². The summed E-state index contributed by atoms with van der Waals surface area (Å²) in [5.41, 5.74) is 0.688. The van der Waals surface area contributed by atoms with Gasteiger partial charge in [-0.05, 0) is 30.2 Å². The summed E-state index contributed by atoms with van der Waals surface area (Å²) in [4.78, 5) is 23.9. The number of esters is 1. The molecule has 1 amide bonds. The zero-order chi connectivity index (χ0) is 18.8. The number of halogens is 1. The third kappa shape index (κ3) is 6.41. The average molecular weight is 376 g/mol. The summed E-state index contributed by atoms with van der Waals surface area (Å²) < 4.78 is 10.3. The van der Waals surface area contributed by atoms with Gasteiger partial charge in [-0.1, -0.05) is 48.0 Å². The van der Waals surface area contributed by atoms with Gasteiger partial charge in [-0.2, -0.15) is 0 Å². The van der Waals surface area contributed by atoms with Gasteiger partial charge in [-0.3, -0.25) is 9.59 Å². The molecule has 2 aromatic rings. The Kier molecular flexibility index (Phi) is 7.96. The molecule has 2 rings (SSSR count). The van der Waals surface area contributed by atoms with Crippen molar-refractivity contribution in [3.05, 3.63) is 65.2 Å². The molecule has 0 bridgehead atoms. The first-order chi connectivity index (χ1) is 12.6. The van der Waals surface area contributed by atoms with Crippen LogP contribution in [-0.2, 0) is 14.3 Å². The van der Waals surface area contributed by atoms with Gasteiger partial charge in [0.1, 0.15) is 5.75 Å². The van der Waals surface area contributed by atoms with Gasteiger partial charge in [0.05, 0.1) is 26.2 Å². The first kappa shape index (κ1) is 19.8. The van der Waals surface area contributed by atoms with E-state index in [1.807, 2.05) is 36.4 Å². The molecule has 2 aromatic carbocycles.